The molecule has 0 saturated carbocycles. The molecular formula is C20H15FN2O. The average molecular weight is 318 g/mol. The van der Waals surface area contributed by atoms with Crippen LogP contribution in [0.15, 0.2) is 67.1 Å². The Morgan fingerprint density at radius 1 is 1.08 bits per heavy atom. The number of carbonyl (C=O) groups is 1. The Hall–Kier alpha value is -3.01. The second-order valence-corrected chi connectivity index (χ2v) is 5.85. The first kappa shape index (κ1) is 14.6. The maximum Gasteiger partial charge on any atom is 0.224 e. The summed E-state index contributed by atoms with van der Waals surface area (Å²) in [6, 6.07) is 15.7. The lowest BCUT2D eigenvalue weighted by Gasteiger charge is -2.26. The quantitative estimate of drug-likeness (QED) is 0.775. The predicted molar refractivity (Wildman–Crippen MR) is 91.6 cm³/mol. The monoisotopic (exact) mass is 318 g/mol. The number of pyridine rings is 1. The molecule has 1 N–H and O–H groups in total. The lowest BCUT2D eigenvalue weighted by molar-refractivity contribution is -0.120. The van der Waals surface area contributed by atoms with Crippen molar-refractivity contribution in [1.82, 2.24) is 10.3 Å². The van der Waals surface area contributed by atoms with Gasteiger partial charge in [0.15, 0.2) is 0 Å². The highest BCUT2D eigenvalue weighted by atomic mass is 19.1. The van der Waals surface area contributed by atoms with Gasteiger partial charge in [0.25, 0.3) is 0 Å². The van der Waals surface area contributed by atoms with E-state index in [1.165, 1.54) is 6.20 Å². The number of rotatable bonds is 2. The van der Waals surface area contributed by atoms with E-state index in [2.05, 4.69) is 10.3 Å². The minimum Gasteiger partial charge on any atom is -0.332 e. The number of allylic oxidation sites excluding steroid dienone is 1. The number of nitrogens with zero attached hydrogens (tertiary/aromatic N) is 1. The highest BCUT2D eigenvalue weighted by Gasteiger charge is 2.28. The molecule has 1 aromatic heterocycles. The van der Waals surface area contributed by atoms with Crippen molar-refractivity contribution in [1.29, 1.82) is 0 Å². The molecule has 1 aliphatic heterocycles. The van der Waals surface area contributed by atoms with Gasteiger partial charge in [-0.25, -0.2) is 4.39 Å². The fourth-order valence-corrected chi connectivity index (χ4v) is 3.30. The minimum absolute atomic E-state index is 0.111. The number of carbonyl (C=O) groups excluding carboxylic acids is 1. The van der Waals surface area contributed by atoms with Crippen LogP contribution in [0.1, 0.15) is 23.5 Å². The Morgan fingerprint density at radius 3 is 2.79 bits per heavy atom. The van der Waals surface area contributed by atoms with Gasteiger partial charge in [0.2, 0.25) is 5.91 Å². The lowest BCUT2D eigenvalue weighted by Crippen LogP contribution is -2.27. The van der Waals surface area contributed by atoms with E-state index in [9.17, 15) is 9.18 Å². The van der Waals surface area contributed by atoms with Gasteiger partial charge in [0.05, 0.1) is 6.20 Å². The molecule has 2 heterocycles. The Balaban J connectivity index is 1.91. The van der Waals surface area contributed by atoms with Crippen molar-refractivity contribution >= 4 is 22.3 Å². The molecule has 1 unspecified atom stereocenters. The maximum absolute atomic E-state index is 14.3. The van der Waals surface area contributed by atoms with Crippen molar-refractivity contribution in [3.8, 4) is 0 Å². The summed E-state index contributed by atoms with van der Waals surface area (Å²) < 4.78 is 14.3. The molecule has 4 heteroatoms. The third kappa shape index (κ3) is 2.46. The third-order valence-corrected chi connectivity index (χ3v) is 4.43. The van der Waals surface area contributed by atoms with Crippen molar-refractivity contribution in [3.05, 3.63) is 84.1 Å². The third-order valence-electron chi connectivity index (χ3n) is 4.43. The van der Waals surface area contributed by atoms with Crippen molar-refractivity contribution in [2.24, 2.45) is 0 Å². The lowest BCUT2D eigenvalue weighted by atomic mass is 9.81. The van der Waals surface area contributed by atoms with Gasteiger partial charge in [-0.2, -0.15) is 0 Å². The van der Waals surface area contributed by atoms with Crippen molar-refractivity contribution in [2.75, 3.05) is 0 Å². The number of benzene rings is 2. The van der Waals surface area contributed by atoms with E-state index in [0.717, 1.165) is 21.9 Å². The van der Waals surface area contributed by atoms with Crippen LogP contribution in [0.25, 0.3) is 16.3 Å². The minimum atomic E-state index is -0.386. The zero-order valence-electron chi connectivity index (χ0n) is 12.9. The topological polar surface area (TPSA) is 42.0 Å². The predicted octanol–water partition coefficient (Wildman–Crippen LogP) is 4.02. The van der Waals surface area contributed by atoms with Crippen LogP contribution in [-0.2, 0) is 4.79 Å². The van der Waals surface area contributed by atoms with E-state index >= 15 is 0 Å². The summed E-state index contributed by atoms with van der Waals surface area (Å²) in [7, 11) is 0. The van der Waals surface area contributed by atoms with Gasteiger partial charge in [0, 0.05) is 24.7 Å². The number of aromatic nitrogens is 1. The SMILES string of the molecule is O=C1CC(c2ccncc2F)C(c2cccc3ccccc23)=CN1. The van der Waals surface area contributed by atoms with Crippen molar-refractivity contribution < 1.29 is 9.18 Å². The summed E-state index contributed by atoms with van der Waals surface area (Å²) in [6.45, 7) is 0. The molecule has 0 aliphatic carbocycles. The van der Waals surface area contributed by atoms with E-state index < -0.39 is 0 Å². The largest absolute Gasteiger partial charge is 0.332 e. The van der Waals surface area contributed by atoms with Crippen LogP contribution in [-0.4, -0.2) is 10.9 Å². The van der Waals surface area contributed by atoms with Gasteiger partial charge in [-0.15, -0.1) is 0 Å². The Bertz CT molecular complexity index is 959. The summed E-state index contributed by atoms with van der Waals surface area (Å²) in [6.07, 6.45) is 4.68. The van der Waals surface area contributed by atoms with E-state index in [-0.39, 0.29) is 24.1 Å². The first-order valence-corrected chi connectivity index (χ1v) is 7.81. The van der Waals surface area contributed by atoms with Gasteiger partial charge in [0.1, 0.15) is 5.82 Å². The standard InChI is InChI=1S/C20H15FN2O/c21-19-12-22-9-8-16(19)17-10-20(24)23-11-18(17)15-7-3-5-13-4-1-2-6-14(13)15/h1-9,11-12,17H,10H2,(H,23,24). The number of nitrogens with one attached hydrogen (secondary N) is 1. The fraction of sp³-hybridized carbons (Fsp3) is 0.100. The molecule has 3 aromatic rings. The van der Waals surface area contributed by atoms with E-state index in [1.54, 1.807) is 18.5 Å². The summed E-state index contributed by atoms with van der Waals surface area (Å²) in [5.74, 6) is -0.823. The molecule has 3 nitrogen and oxygen atoms in total. The Kier molecular flexibility index (Phi) is 3.58. The van der Waals surface area contributed by atoms with Crippen LogP contribution in [0, 0.1) is 5.82 Å². The molecule has 0 radical (unpaired) electrons. The fourth-order valence-electron chi connectivity index (χ4n) is 3.30. The van der Waals surface area contributed by atoms with E-state index in [4.69, 9.17) is 0 Å². The molecule has 0 saturated heterocycles. The average Bonchev–Trinajstić information content (AvgIpc) is 2.62. The van der Waals surface area contributed by atoms with Gasteiger partial charge in [-0.3, -0.25) is 9.78 Å². The molecule has 0 bridgehead atoms. The summed E-state index contributed by atoms with van der Waals surface area (Å²) >= 11 is 0. The molecule has 4 rings (SSSR count). The van der Waals surface area contributed by atoms with Crippen molar-refractivity contribution in [2.45, 2.75) is 12.3 Å². The van der Waals surface area contributed by atoms with Gasteiger partial charge in [-0.05, 0) is 33.5 Å². The van der Waals surface area contributed by atoms with Crippen molar-refractivity contribution in [3.63, 3.8) is 0 Å². The van der Waals surface area contributed by atoms with Crippen LogP contribution < -0.4 is 5.32 Å². The molecule has 0 fully saturated rings. The second kappa shape index (κ2) is 5.89. The molecule has 118 valence electrons. The van der Waals surface area contributed by atoms with Gasteiger partial charge >= 0.3 is 0 Å². The highest BCUT2D eigenvalue weighted by Crippen LogP contribution is 2.39. The zero-order valence-corrected chi connectivity index (χ0v) is 12.9. The van der Waals surface area contributed by atoms with Crippen LogP contribution in [0.4, 0.5) is 4.39 Å². The van der Waals surface area contributed by atoms with Gasteiger partial charge in [-0.1, -0.05) is 42.5 Å². The smallest absolute Gasteiger partial charge is 0.224 e. The Labute approximate surface area is 138 Å². The zero-order chi connectivity index (χ0) is 16.5. The van der Waals surface area contributed by atoms with Crippen LogP contribution >= 0.6 is 0 Å². The van der Waals surface area contributed by atoms with E-state index in [1.807, 2.05) is 42.5 Å². The summed E-state index contributed by atoms with van der Waals surface area (Å²) in [4.78, 5) is 15.7. The summed E-state index contributed by atoms with van der Waals surface area (Å²) in [5.41, 5.74) is 2.42. The molecular weight excluding hydrogens is 303 g/mol. The number of fused-ring (bicyclic) bond motifs is 1. The molecule has 0 spiro atoms. The second-order valence-electron chi connectivity index (χ2n) is 5.85. The maximum atomic E-state index is 14.3. The number of hydrogen-bond acceptors (Lipinski definition) is 2. The molecule has 2 aromatic carbocycles. The van der Waals surface area contributed by atoms with Crippen LogP contribution in [0.2, 0.25) is 0 Å². The number of amides is 1. The Morgan fingerprint density at radius 2 is 1.92 bits per heavy atom. The molecule has 1 atom stereocenters. The molecule has 24 heavy (non-hydrogen) atoms. The van der Waals surface area contributed by atoms with Crippen LogP contribution in [0.3, 0.4) is 0 Å². The van der Waals surface area contributed by atoms with Gasteiger partial charge < -0.3 is 5.32 Å². The first-order chi connectivity index (χ1) is 11.7. The number of halogens is 1. The van der Waals surface area contributed by atoms with E-state index in [0.29, 0.717) is 5.56 Å². The highest BCUT2D eigenvalue weighted by molar-refractivity contribution is 5.98. The normalized spacial score (nSPS) is 17.5. The first-order valence-electron chi connectivity index (χ1n) is 7.81. The number of hydrogen-bond donors (Lipinski definition) is 1. The molecule has 1 amide bonds. The van der Waals surface area contributed by atoms with Crippen LogP contribution in [0.5, 0.6) is 0 Å². The summed E-state index contributed by atoms with van der Waals surface area (Å²) in [5, 5.41) is 4.97. The molecule has 1 aliphatic rings.